The van der Waals surface area contributed by atoms with Gasteiger partial charge in [0.2, 0.25) is 0 Å². The Bertz CT molecular complexity index is 654. The number of rotatable bonds is 5. The van der Waals surface area contributed by atoms with E-state index in [1.54, 1.807) is 12.1 Å². The van der Waals surface area contributed by atoms with Crippen molar-refractivity contribution < 1.29 is 18.7 Å². The summed E-state index contributed by atoms with van der Waals surface area (Å²) in [6, 6.07) is 15.8. The molecule has 0 radical (unpaired) electrons. The minimum Gasteiger partial charge on any atom is -0.376 e. The zero-order valence-electron chi connectivity index (χ0n) is 13.3. The van der Waals surface area contributed by atoms with Crippen LogP contribution in [0.5, 0.6) is 0 Å². The van der Waals surface area contributed by atoms with Crippen molar-refractivity contribution in [1.29, 1.82) is 0 Å². The normalized spacial score (nSPS) is 18.8. The fourth-order valence-corrected chi connectivity index (χ4v) is 2.70. The largest absolute Gasteiger partial charge is 0.376 e. The first-order valence-corrected chi connectivity index (χ1v) is 8.01. The topological polar surface area (TPSA) is 47.6 Å². The van der Waals surface area contributed by atoms with Crippen molar-refractivity contribution in [3.63, 3.8) is 0 Å². The summed E-state index contributed by atoms with van der Waals surface area (Å²) in [5.74, 6) is -0.461. The molecule has 1 amide bonds. The van der Waals surface area contributed by atoms with E-state index in [2.05, 4.69) is 5.32 Å². The first kappa shape index (κ1) is 16.6. The quantitative estimate of drug-likeness (QED) is 0.917. The molecule has 2 aromatic carbocycles. The highest BCUT2D eigenvalue weighted by atomic mass is 19.1. The molecule has 5 heteroatoms. The molecule has 2 aromatic rings. The van der Waals surface area contributed by atoms with Crippen LogP contribution in [0.1, 0.15) is 17.2 Å². The van der Waals surface area contributed by atoms with E-state index in [1.165, 1.54) is 12.1 Å². The Morgan fingerprint density at radius 2 is 1.88 bits per heavy atom. The molecule has 0 aliphatic carbocycles. The Kier molecular flexibility index (Phi) is 5.56. The zero-order chi connectivity index (χ0) is 16.8. The van der Waals surface area contributed by atoms with Crippen LogP contribution in [0.25, 0.3) is 0 Å². The molecule has 3 rings (SSSR count). The molecule has 2 atom stereocenters. The highest BCUT2D eigenvalue weighted by Crippen LogP contribution is 2.19. The van der Waals surface area contributed by atoms with Crippen LogP contribution in [-0.4, -0.2) is 31.8 Å². The second kappa shape index (κ2) is 8.04. The molecular weight excluding hydrogens is 309 g/mol. The summed E-state index contributed by atoms with van der Waals surface area (Å²) in [4.78, 5) is 12.5. The maximum Gasteiger partial charge on any atom is 0.252 e. The van der Waals surface area contributed by atoms with Crippen LogP contribution in [0, 0.1) is 5.82 Å². The van der Waals surface area contributed by atoms with Crippen molar-refractivity contribution in [2.75, 3.05) is 19.8 Å². The van der Waals surface area contributed by atoms with E-state index >= 15 is 0 Å². The lowest BCUT2D eigenvalue weighted by atomic mass is 9.98. The minimum absolute atomic E-state index is 0.189. The van der Waals surface area contributed by atoms with Gasteiger partial charge in [-0.1, -0.05) is 42.5 Å². The van der Waals surface area contributed by atoms with Crippen LogP contribution in [0.3, 0.4) is 0 Å². The number of halogens is 1. The second-order valence-electron chi connectivity index (χ2n) is 5.74. The number of carbonyl (C=O) groups is 1. The van der Waals surface area contributed by atoms with Gasteiger partial charge >= 0.3 is 0 Å². The molecule has 0 spiro atoms. The molecule has 0 unspecified atom stereocenters. The lowest BCUT2D eigenvalue weighted by Gasteiger charge is -2.26. The number of nitrogens with one attached hydrogen (secondary N) is 1. The van der Waals surface area contributed by atoms with E-state index < -0.39 is 6.10 Å². The summed E-state index contributed by atoms with van der Waals surface area (Å²) in [7, 11) is 0. The van der Waals surface area contributed by atoms with Crippen molar-refractivity contribution >= 4 is 5.91 Å². The number of ether oxygens (including phenoxy) is 2. The first-order chi connectivity index (χ1) is 11.7. The third-order valence-corrected chi connectivity index (χ3v) is 3.98. The van der Waals surface area contributed by atoms with Crippen molar-refractivity contribution in [2.45, 2.75) is 18.6 Å². The number of hydrogen-bond donors (Lipinski definition) is 1. The van der Waals surface area contributed by atoms with Gasteiger partial charge in [-0.2, -0.15) is 0 Å². The van der Waals surface area contributed by atoms with Crippen LogP contribution in [0.15, 0.2) is 54.6 Å². The van der Waals surface area contributed by atoms with Crippen LogP contribution < -0.4 is 5.32 Å². The van der Waals surface area contributed by atoms with Gasteiger partial charge in [-0.3, -0.25) is 4.79 Å². The minimum atomic E-state index is -0.585. The maximum atomic E-state index is 13.1. The molecule has 1 saturated heterocycles. The molecule has 0 bridgehead atoms. The Morgan fingerprint density at radius 1 is 1.12 bits per heavy atom. The van der Waals surface area contributed by atoms with Crippen LogP contribution >= 0.6 is 0 Å². The monoisotopic (exact) mass is 329 g/mol. The molecule has 1 heterocycles. The number of benzene rings is 2. The van der Waals surface area contributed by atoms with Crippen molar-refractivity contribution in [3.8, 4) is 0 Å². The van der Waals surface area contributed by atoms with Gasteiger partial charge in [0.05, 0.1) is 25.9 Å². The van der Waals surface area contributed by atoms with E-state index in [9.17, 15) is 9.18 Å². The van der Waals surface area contributed by atoms with Gasteiger partial charge < -0.3 is 14.8 Å². The average Bonchev–Trinajstić information content (AvgIpc) is 2.64. The van der Waals surface area contributed by atoms with Gasteiger partial charge in [0, 0.05) is 0 Å². The summed E-state index contributed by atoms with van der Waals surface area (Å²) in [6.07, 6.45) is -0.0120. The third kappa shape index (κ3) is 4.40. The second-order valence-corrected chi connectivity index (χ2v) is 5.74. The van der Waals surface area contributed by atoms with Crippen LogP contribution in [0.4, 0.5) is 4.39 Å². The van der Waals surface area contributed by atoms with Gasteiger partial charge in [-0.25, -0.2) is 4.39 Å². The molecule has 126 valence electrons. The molecule has 24 heavy (non-hydrogen) atoms. The predicted molar refractivity (Wildman–Crippen MR) is 88.0 cm³/mol. The maximum absolute atomic E-state index is 13.1. The van der Waals surface area contributed by atoms with Crippen molar-refractivity contribution in [3.05, 3.63) is 71.5 Å². The molecule has 0 saturated carbocycles. The predicted octanol–water partition coefficient (Wildman–Crippen LogP) is 2.64. The summed E-state index contributed by atoms with van der Waals surface area (Å²) in [6.45, 7) is 1.21. The third-order valence-electron chi connectivity index (χ3n) is 3.98. The van der Waals surface area contributed by atoms with Gasteiger partial charge in [-0.05, 0) is 29.7 Å². The smallest absolute Gasteiger partial charge is 0.252 e. The summed E-state index contributed by atoms with van der Waals surface area (Å²) >= 11 is 0. The van der Waals surface area contributed by atoms with E-state index in [-0.39, 0.29) is 24.4 Å². The molecular formula is C19H20FNO3. The summed E-state index contributed by atoms with van der Waals surface area (Å²) < 4.78 is 23.9. The standard InChI is InChI=1S/C19H20FNO3/c20-16-8-6-14(7-9-16)12-17(15-4-2-1-3-5-15)21-19(22)18-13-23-10-11-24-18/h1-9,17-18H,10-13H2,(H,21,22)/t17-,18-/m0/s1. The van der Waals surface area contributed by atoms with Gasteiger partial charge in [0.15, 0.2) is 6.10 Å². The van der Waals surface area contributed by atoms with Crippen LogP contribution in [-0.2, 0) is 20.7 Å². The molecule has 4 nitrogen and oxygen atoms in total. The molecule has 1 N–H and O–H groups in total. The molecule has 1 fully saturated rings. The van der Waals surface area contributed by atoms with Gasteiger partial charge in [0.25, 0.3) is 5.91 Å². The zero-order valence-corrected chi connectivity index (χ0v) is 13.3. The summed E-state index contributed by atoms with van der Waals surface area (Å²) in [5, 5.41) is 3.03. The Hall–Kier alpha value is -2.24. The Morgan fingerprint density at radius 3 is 2.54 bits per heavy atom. The van der Waals surface area contributed by atoms with Gasteiger partial charge in [-0.15, -0.1) is 0 Å². The lowest BCUT2D eigenvalue weighted by molar-refractivity contribution is -0.148. The van der Waals surface area contributed by atoms with Crippen LogP contribution in [0.2, 0.25) is 0 Å². The highest BCUT2D eigenvalue weighted by Gasteiger charge is 2.25. The van der Waals surface area contributed by atoms with Gasteiger partial charge in [0.1, 0.15) is 5.82 Å². The molecule has 0 aromatic heterocycles. The fourth-order valence-electron chi connectivity index (χ4n) is 2.70. The molecule has 1 aliphatic heterocycles. The lowest BCUT2D eigenvalue weighted by Crippen LogP contribution is -2.44. The highest BCUT2D eigenvalue weighted by molar-refractivity contribution is 5.81. The number of hydrogen-bond acceptors (Lipinski definition) is 3. The SMILES string of the molecule is O=C(N[C@@H](Cc1ccc(F)cc1)c1ccccc1)[C@@H]1COCCO1. The average molecular weight is 329 g/mol. The Balaban J connectivity index is 1.74. The fraction of sp³-hybridized carbons (Fsp3) is 0.316. The number of carbonyl (C=O) groups excluding carboxylic acids is 1. The first-order valence-electron chi connectivity index (χ1n) is 8.01. The summed E-state index contributed by atoms with van der Waals surface area (Å²) in [5.41, 5.74) is 1.94. The van der Waals surface area contributed by atoms with Crippen molar-refractivity contribution in [1.82, 2.24) is 5.32 Å². The van der Waals surface area contributed by atoms with E-state index in [0.29, 0.717) is 19.6 Å². The van der Waals surface area contributed by atoms with Crippen molar-refractivity contribution in [2.24, 2.45) is 0 Å². The Labute approximate surface area is 140 Å². The van der Waals surface area contributed by atoms with E-state index in [4.69, 9.17) is 9.47 Å². The number of amides is 1. The molecule has 1 aliphatic rings. The van der Waals surface area contributed by atoms with E-state index in [0.717, 1.165) is 11.1 Å². The van der Waals surface area contributed by atoms with E-state index in [1.807, 2.05) is 30.3 Å².